The van der Waals surface area contributed by atoms with Crippen LogP contribution in [0, 0.1) is 0 Å². The number of nitrogen functional groups attached to an aromatic ring is 1. The summed E-state index contributed by atoms with van der Waals surface area (Å²) in [6.07, 6.45) is -8.83. The van der Waals surface area contributed by atoms with Gasteiger partial charge in [0, 0.05) is 0 Å². The molecule has 1 aromatic carbocycles. The lowest BCUT2D eigenvalue weighted by molar-refractivity contribution is -0.274. The van der Waals surface area contributed by atoms with Crippen LogP contribution in [0.5, 0.6) is 5.75 Å². The molecule has 0 saturated heterocycles. The van der Waals surface area contributed by atoms with Crippen molar-refractivity contribution in [3.05, 3.63) is 23.8 Å². The first-order valence-corrected chi connectivity index (χ1v) is 5.33. The average molecular weight is 295 g/mol. The van der Waals surface area contributed by atoms with Crippen molar-refractivity contribution >= 4 is 11.7 Å². The van der Waals surface area contributed by atoms with E-state index in [4.69, 9.17) is 10.8 Å². The Morgan fingerprint density at radius 2 is 1.95 bits per heavy atom. The predicted molar refractivity (Wildman–Crippen MR) is 60.8 cm³/mol. The van der Waals surface area contributed by atoms with Gasteiger partial charge >= 0.3 is 12.3 Å². The molecule has 0 aliphatic heterocycles. The minimum absolute atomic E-state index is 0.0224. The van der Waals surface area contributed by atoms with Crippen LogP contribution in [-0.4, -0.2) is 33.8 Å². The second kappa shape index (κ2) is 5.97. The highest BCUT2D eigenvalue weighted by Gasteiger charge is 2.32. The molecule has 0 bridgehead atoms. The Labute approximate surface area is 111 Å². The number of aliphatic hydroxyl groups excluding tert-OH is 2. The number of hydrogen-bond donors (Lipinski definition) is 4. The number of alkyl halides is 3. The number of carboxylic acids is 1. The van der Waals surface area contributed by atoms with Crippen LogP contribution in [-0.2, 0) is 4.79 Å². The summed E-state index contributed by atoms with van der Waals surface area (Å²) < 4.78 is 39.7. The number of nitrogens with two attached hydrogens (primary N) is 1. The largest absolute Gasteiger partial charge is 0.573 e. The van der Waals surface area contributed by atoms with Gasteiger partial charge in [0.25, 0.3) is 0 Å². The SMILES string of the molecule is Nc1cc(C(O)C(O)CC(=O)O)ccc1OC(F)(F)F. The molecule has 0 aliphatic rings. The van der Waals surface area contributed by atoms with Crippen LogP contribution in [0.4, 0.5) is 18.9 Å². The van der Waals surface area contributed by atoms with Crippen LogP contribution < -0.4 is 10.5 Å². The Bertz CT molecular complexity index is 491. The van der Waals surface area contributed by atoms with Crippen LogP contribution in [0.25, 0.3) is 0 Å². The number of aliphatic hydroxyl groups is 2. The predicted octanol–water partition coefficient (Wildman–Crippen LogP) is 1.04. The van der Waals surface area contributed by atoms with Gasteiger partial charge in [0.1, 0.15) is 6.10 Å². The topological polar surface area (TPSA) is 113 Å². The number of carboxylic acid groups (broad SMARTS) is 1. The lowest BCUT2D eigenvalue weighted by Gasteiger charge is -2.18. The summed E-state index contributed by atoms with van der Waals surface area (Å²) in [5, 5.41) is 27.5. The summed E-state index contributed by atoms with van der Waals surface area (Å²) in [7, 11) is 0. The second-order valence-corrected chi connectivity index (χ2v) is 3.96. The third-order valence-corrected chi connectivity index (χ3v) is 2.35. The zero-order chi connectivity index (χ0) is 15.5. The van der Waals surface area contributed by atoms with Gasteiger partial charge in [0.05, 0.1) is 18.2 Å². The third-order valence-electron chi connectivity index (χ3n) is 2.35. The first-order chi connectivity index (χ1) is 9.10. The molecule has 0 amide bonds. The summed E-state index contributed by atoms with van der Waals surface area (Å²) in [6.45, 7) is 0. The third kappa shape index (κ3) is 4.59. The summed E-state index contributed by atoms with van der Waals surface area (Å²) in [6, 6.07) is 2.89. The van der Waals surface area contributed by atoms with E-state index in [2.05, 4.69) is 4.74 Å². The van der Waals surface area contributed by atoms with Crippen molar-refractivity contribution in [3.63, 3.8) is 0 Å². The Morgan fingerprint density at radius 1 is 1.35 bits per heavy atom. The number of rotatable bonds is 5. The van der Waals surface area contributed by atoms with Gasteiger partial charge < -0.3 is 25.8 Å². The van der Waals surface area contributed by atoms with Crippen LogP contribution in [0.3, 0.4) is 0 Å². The van der Waals surface area contributed by atoms with E-state index in [1.165, 1.54) is 0 Å². The van der Waals surface area contributed by atoms with Crippen molar-refractivity contribution in [2.45, 2.75) is 25.0 Å². The van der Waals surface area contributed by atoms with Gasteiger partial charge in [-0.2, -0.15) is 0 Å². The molecule has 1 rings (SSSR count). The van der Waals surface area contributed by atoms with Crippen molar-refractivity contribution in [2.24, 2.45) is 0 Å². The highest BCUT2D eigenvalue weighted by Crippen LogP contribution is 2.31. The average Bonchev–Trinajstić information content (AvgIpc) is 2.28. The molecule has 0 fully saturated rings. The van der Waals surface area contributed by atoms with Crippen LogP contribution >= 0.6 is 0 Å². The van der Waals surface area contributed by atoms with E-state index < -0.39 is 42.4 Å². The quantitative estimate of drug-likeness (QED) is 0.604. The van der Waals surface area contributed by atoms with Crippen LogP contribution in [0.15, 0.2) is 18.2 Å². The molecular weight excluding hydrogens is 283 g/mol. The number of benzene rings is 1. The van der Waals surface area contributed by atoms with E-state index in [0.717, 1.165) is 18.2 Å². The van der Waals surface area contributed by atoms with E-state index >= 15 is 0 Å². The Morgan fingerprint density at radius 3 is 2.40 bits per heavy atom. The maximum absolute atomic E-state index is 12.0. The van der Waals surface area contributed by atoms with Gasteiger partial charge in [-0.1, -0.05) is 6.07 Å². The number of halogens is 3. The zero-order valence-electron chi connectivity index (χ0n) is 9.96. The normalized spacial score (nSPS) is 14.7. The lowest BCUT2D eigenvalue weighted by Crippen LogP contribution is -2.22. The van der Waals surface area contributed by atoms with Crippen LogP contribution in [0.1, 0.15) is 18.1 Å². The van der Waals surface area contributed by atoms with E-state index in [-0.39, 0.29) is 5.56 Å². The number of aliphatic carboxylic acids is 1. The molecule has 20 heavy (non-hydrogen) atoms. The molecular formula is C11H12F3NO5. The van der Waals surface area contributed by atoms with Gasteiger partial charge in [-0.15, -0.1) is 13.2 Å². The maximum Gasteiger partial charge on any atom is 0.573 e. The molecule has 0 radical (unpaired) electrons. The molecule has 6 nitrogen and oxygen atoms in total. The van der Waals surface area contributed by atoms with Crippen molar-refractivity contribution in [3.8, 4) is 5.75 Å². The summed E-state index contributed by atoms with van der Waals surface area (Å²) in [4.78, 5) is 10.4. The van der Waals surface area contributed by atoms with Crippen molar-refractivity contribution in [1.29, 1.82) is 0 Å². The van der Waals surface area contributed by atoms with Crippen LogP contribution in [0.2, 0.25) is 0 Å². The van der Waals surface area contributed by atoms with E-state index in [9.17, 15) is 28.2 Å². The number of ether oxygens (including phenoxy) is 1. The number of carbonyl (C=O) groups is 1. The molecule has 0 saturated carbocycles. The van der Waals surface area contributed by atoms with Crippen molar-refractivity contribution < 1.29 is 38.0 Å². The molecule has 2 unspecified atom stereocenters. The standard InChI is InChI=1S/C11H12F3NO5/c12-11(13,14)20-8-2-1-5(3-6(8)15)10(19)7(16)4-9(17)18/h1-3,7,10,16,19H,4,15H2,(H,17,18). The molecule has 0 aromatic heterocycles. The van der Waals surface area contributed by atoms with Gasteiger partial charge in [-0.3, -0.25) is 4.79 Å². The highest BCUT2D eigenvalue weighted by atomic mass is 19.4. The molecule has 2 atom stereocenters. The lowest BCUT2D eigenvalue weighted by atomic mass is 10.0. The Hall–Kier alpha value is -2.00. The van der Waals surface area contributed by atoms with Gasteiger partial charge in [-0.05, 0) is 17.7 Å². The Balaban J connectivity index is 2.89. The fourth-order valence-electron chi connectivity index (χ4n) is 1.48. The minimum atomic E-state index is -4.91. The second-order valence-electron chi connectivity index (χ2n) is 3.96. The van der Waals surface area contributed by atoms with Crippen molar-refractivity contribution in [1.82, 2.24) is 0 Å². The summed E-state index contributed by atoms with van der Waals surface area (Å²) in [5.41, 5.74) is 4.91. The molecule has 9 heteroatoms. The highest BCUT2D eigenvalue weighted by molar-refractivity contribution is 5.67. The fraction of sp³-hybridized carbons (Fsp3) is 0.364. The molecule has 0 heterocycles. The maximum atomic E-state index is 12.0. The molecule has 1 aromatic rings. The van der Waals surface area contributed by atoms with E-state index in [0.29, 0.717) is 0 Å². The fourth-order valence-corrected chi connectivity index (χ4v) is 1.48. The molecule has 0 aliphatic carbocycles. The van der Waals surface area contributed by atoms with Gasteiger partial charge in [0.2, 0.25) is 0 Å². The zero-order valence-corrected chi connectivity index (χ0v) is 9.96. The smallest absolute Gasteiger partial charge is 0.481 e. The van der Waals surface area contributed by atoms with Crippen molar-refractivity contribution in [2.75, 3.05) is 5.73 Å². The molecule has 112 valence electrons. The number of anilines is 1. The summed E-state index contributed by atoms with van der Waals surface area (Å²) in [5.74, 6) is -1.98. The van der Waals surface area contributed by atoms with E-state index in [1.807, 2.05) is 0 Å². The minimum Gasteiger partial charge on any atom is -0.481 e. The summed E-state index contributed by atoms with van der Waals surface area (Å²) >= 11 is 0. The Kier molecular flexibility index (Phi) is 4.79. The first kappa shape index (κ1) is 16.1. The molecule has 5 N–H and O–H groups in total. The van der Waals surface area contributed by atoms with Gasteiger partial charge in [-0.25, -0.2) is 0 Å². The van der Waals surface area contributed by atoms with E-state index in [1.54, 1.807) is 0 Å². The number of hydrogen-bond acceptors (Lipinski definition) is 5. The van der Waals surface area contributed by atoms with Gasteiger partial charge in [0.15, 0.2) is 5.75 Å². The first-order valence-electron chi connectivity index (χ1n) is 5.33. The molecule has 0 spiro atoms. The monoisotopic (exact) mass is 295 g/mol.